The lowest BCUT2D eigenvalue weighted by molar-refractivity contribution is 0.0512. The molecule has 9 heteroatoms. The molecule has 1 saturated heterocycles. The smallest absolute Gasteiger partial charge is 0.138 e. The molecule has 3 heterocycles. The molecule has 6 nitrogen and oxygen atoms in total. The van der Waals surface area contributed by atoms with E-state index in [1.54, 1.807) is 19.4 Å². The first-order valence-corrected chi connectivity index (χ1v) is 11.5. The fourth-order valence-corrected chi connectivity index (χ4v) is 4.18. The third-order valence-corrected chi connectivity index (χ3v) is 5.71. The summed E-state index contributed by atoms with van der Waals surface area (Å²) in [5, 5.41) is 19.8. The zero-order valence-corrected chi connectivity index (χ0v) is 19.4. The van der Waals surface area contributed by atoms with Crippen molar-refractivity contribution in [3.63, 3.8) is 0 Å². The Morgan fingerprint density at radius 3 is 2.59 bits per heavy atom. The summed E-state index contributed by atoms with van der Waals surface area (Å²) in [4.78, 5) is 10.1. The van der Waals surface area contributed by atoms with Crippen LogP contribution in [0.1, 0.15) is 24.5 Å². The highest BCUT2D eigenvalue weighted by atomic mass is 35.5. The number of ether oxygens (including phenoxy) is 1. The van der Waals surface area contributed by atoms with Crippen LogP contribution < -0.4 is 4.74 Å². The van der Waals surface area contributed by atoms with Gasteiger partial charge in [0.25, 0.3) is 0 Å². The van der Waals surface area contributed by atoms with Crippen molar-refractivity contribution in [1.29, 1.82) is 0 Å². The Labute approximate surface area is 196 Å². The third-order valence-electron chi connectivity index (χ3n) is 5.71. The van der Waals surface area contributed by atoms with Gasteiger partial charge in [0.05, 0.1) is 25.2 Å². The summed E-state index contributed by atoms with van der Waals surface area (Å²) in [6.45, 7) is 2.03. The number of methoxy groups -OCH3 is 1. The highest BCUT2D eigenvalue weighted by Gasteiger charge is 2.24. The Kier molecular flexibility index (Phi) is 9.13. The fourth-order valence-electron chi connectivity index (χ4n) is 4.18. The number of aliphatic hydroxyl groups is 2. The number of aliphatic hydroxyl groups excluding tert-OH is 2. The van der Waals surface area contributed by atoms with Gasteiger partial charge in [-0.15, -0.1) is 23.2 Å². The number of halogens is 3. The van der Waals surface area contributed by atoms with Crippen LogP contribution in [0, 0.1) is 5.82 Å². The molecule has 0 spiro atoms. The normalized spacial score (nSPS) is 15.9. The average molecular weight is 484 g/mol. The summed E-state index contributed by atoms with van der Waals surface area (Å²) < 4.78 is 19.3. The molecule has 0 bridgehead atoms. The zero-order valence-electron chi connectivity index (χ0n) is 17.9. The van der Waals surface area contributed by atoms with Gasteiger partial charge in [-0.1, -0.05) is 0 Å². The SMILES string of the molecule is COc1ccc(F)cc1-c1ccnc2[nH]c(C3CCN(CC(O)CO)CC3)cc12.ClCCl. The second-order valence-corrected chi connectivity index (χ2v) is 8.51. The maximum absolute atomic E-state index is 13.9. The molecule has 1 fully saturated rings. The molecule has 0 aliphatic carbocycles. The molecule has 2 aromatic heterocycles. The van der Waals surface area contributed by atoms with Gasteiger partial charge in [-0.25, -0.2) is 9.37 Å². The predicted molar refractivity (Wildman–Crippen MR) is 126 cm³/mol. The molecular weight excluding hydrogens is 456 g/mol. The Hall–Kier alpha value is -1.90. The molecule has 1 aliphatic heterocycles. The van der Waals surface area contributed by atoms with Crippen molar-refractivity contribution >= 4 is 34.2 Å². The number of piperidine rings is 1. The lowest BCUT2D eigenvalue weighted by Crippen LogP contribution is -2.39. The van der Waals surface area contributed by atoms with Crippen molar-refractivity contribution in [1.82, 2.24) is 14.9 Å². The van der Waals surface area contributed by atoms with E-state index in [1.165, 1.54) is 12.1 Å². The lowest BCUT2D eigenvalue weighted by Gasteiger charge is -2.32. The zero-order chi connectivity index (χ0) is 23.1. The summed E-state index contributed by atoms with van der Waals surface area (Å²) in [5.74, 6) is 0.685. The minimum Gasteiger partial charge on any atom is -0.496 e. The number of aromatic amines is 1. The van der Waals surface area contributed by atoms with Gasteiger partial charge in [0.2, 0.25) is 0 Å². The lowest BCUT2D eigenvalue weighted by atomic mass is 9.93. The Morgan fingerprint density at radius 2 is 1.94 bits per heavy atom. The highest BCUT2D eigenvalue weighted by molar-refractivity contribution is 6.40. The number of hydrogen-bond donors (Lipinski definition) is 3. The van der Waals surface area contributed by atoms with Crippen LogP contribution in [0.5, 0.6) is 5.75 Å². The number of alkyl halides is 2. The topological polar surface area (TPSA) is 81.6 Å². The van der Waals surface area contributed by atoms with E-state index in [9.17, 15) is 9.50 Å². The van der Waals surface area contributed by atoms with Crippen molar-refractivity contribution in [2.45, 2.75) is 24.9 Å². The standard InChI is InChI=1S/C22H26FN3O3.CH2Cl2/c1-29-21-3-2-15(23)10-18(21)17-4-7-24-22-19(17)11-20(25-22)14-5-8-26(9-6-14)12-16(28)13-27;2-1-3/h2-4,7,10-11,14,16,27-28H,5-6,8-9,12-13H2,1H3,(H,24,25);1H2. The first-order chi connectivity index (χ1) is 15.5. The molecule has 4 rings (SSSR count). The van der Waals surface area contributed by atoms with E-state index in [0.29, 0.717) is 23.8 Å². The van der Waals surface area contributed by atoms with Gasteiger partial charge in [0.1, 0.15) is 17.2 Å². The van der Waals surface area contributed by atoms with Crippen LogP contribution in [0.3, 0.4) is 0 Å². The first kappa shape index (κ1) is 24.7. The predicted octanol–water partition coefficient (Wildman–Crippen LogP) is 4.33. The molecule has 3 N–H and O–H groups in total. The van der Waals surface area contributed by atoms with Gasteiger partial charge in [0.15, 0.2) is 0 Å². The monoisotopic (exact) mass is 483 g/mol. The molecule has 1 atom stereocenters. The van der Waals surface area contributed by atoms with Crippen LogP contribution in [0.2, 0.25) is 0 Å². The van der Waals surface area contributed by atoms with Gasteiger partial charge in [-0.3, -0.25) is 0 Å². The fraction of sp³-hybridized carbons (Fsp3) is 0.435. The Balaban J connectivity index is 0.000000913. The molecule has 1 aromatic carbocycles. The first-order valence-electron chi connectivity index (χ1n) is 10.4. The molecule has 0 amide bonds. The third kappa shape index (κ3) is 5.91. The molecule has 0 radical (unpaired) electrons. The van der Waals surface area contributed by atoms with Gasteiger partial charge >= 0.3 is 0 Å². The molecular formula is C23H28Cl2FN3O3. The number of fused-ring (bicyclic) bond motifs is 1. The molecule has 1 unspecified atom stereocenters. The van der Waals surface area contributed by atoms with Crippen LogP contribution in [-0.2, 0) is 0 Å². The number of hydrogen-bond acceptors (Lipinski definition) is 5. The number of nitrogens with one attached hydrogen (secondary N) is 1. The second-order valence-electron chi connectivity index (χ2n) is 7.70. The van der Waals surface area contributed by atoms with Crippen LogP contribution in [-0.4, -0.2) is 69.9 Å². The number of likely N-dealkylation sites (tertiary alicyclic amines) is 1. The number of H-pyrrole nitrogens is 1. The minimum atomic E-state index is -0.687. The van der Waals surface area contributed by atoms with Gasteiger partial charge in [-0.05, 0) is 61.8 Å². The summed E-state index contributed by atoms with van der Waals surface area (Å²) in [6.07, 6.45) is 2.96. The highest BCUT2D eigenvalue weighted by Crippen LogP contribution is 2.37. The second kappa shape index (κ2) is 11.8. The maximum Gasteiger partial charge on any atom is 0.138 e. The van der Waals surface area contributed by atoms with Crippen LogP contribution >= 0.6 is 23.2 Å². The van der Waals surface area contributed by atoms with Crippen molar-refractivity contribution < 1.29 is 19.3 Å². The van der Waals surface area contributed by atoms with E-state index >= 15 is 0 Å². The number of benzene rings is 1. The Bertz CT molecular complexity index is 1010. The van der Waals surface area contributed by atoms with E-state index in [2.05, 4.69) is 20.9 Å². The number of aromatic nitrogens is 2. The summed E-state index contributed by atoms with van der Waals surface area (Å²) >= 11 is 9.53. The van der Waals surface area contributed by atoms with Crippen LogP contribution in [0.25, 0.3) is 22.2 Å². The van der Waals surface area contributed by atoms with E-state index in [0.717, 1.165) is 48.2 Å². The summed E-state index contributed by atoms with van der Waals surface area (Å²) in [6, 6.07) is 8.53. The average Bonchev–Trinajstić information content (AvgIpc) is 3.24. The van der Waals surface area contributed by atoms with Crippen molar-refractivity contribution in [2.75, 3.05) is 38.7 Å². The van der Waals surface area contributed by atoms with Gasteiger partial charge in [-0.2, -0.15) is 0 Å². The van der Waals surface area contributed by atoms with Crippen molar-refractivity contribution in [3.8, 4) is 16.9 Å². The number of pyridine rings is 1. The van der Waals surface area contributed by atoms with E-state index < -0.39 is 6.10 Å². The number of nitrogens with zero attached hydrogens (tertiary/aromatic N) is 2. The Morgan fingerprint density at radius 1 is 1.22 bits per heavy atom. The number of rotatable bonds is 6. The maximum atomic E-state index is 13.9. The van der Waals surface area contributed by atoms with E-state index in [1.807, 2.05) is 6.07 Å². The summed E-state index contributed by atoms with van der Waals surface area (Å²) in [7, 11) is 1.58. The van der Waals surface area contributed by atoms with Crippen LogP contribution in [0.4, 0.5) is 4.39 Å². The van der Waals surface area contributed by atoms with Gasteiger partial charge < -0.3 is 24.8 Å². The summed E-state index contributed by atoms with van der Waals surface area (Å²) in [5.41, 5.74) is 3.50. The van der Waals surface area contributed by atoms with Crippen molar-refractivity contribution in [3.05, 3.63) is 48.0 Å². The largest absolute Gasteiger partial charge is 0.496 e. The minimum absolute atomic E-state index is 0.194. The molecule has 3 aromatic rings. The molecule has 174 valence electrons. The number of β-amino-alcohol motifs (C(OH)–C–C–N with tert-alkyl or cyclic N) is 1. The van der Waals surface area contributed by atoms with Crippen molar-refractivity contribution in [2.24, 2.45) is 0 Å². The van der Waals surface area contributed by atoms with Crippen LogP contribution in [0.15, 0.2) is 36.5 Å². The van der Waals surface area contributed by atoms with E-state index in [4.69, 9.17) is 33.0 Å². The van der Waals surface area contributed by atoms with E-state index in [-0.39, 0.29) is 17.8 Å². The molecule has 1 aliphatic rings. The quantitative estimate of drug-likeness (QED) is 0.454. The molecule has 0 saturated carbocycles. The molecule has 32 heavy (non-hydrogen) atoms. The van der Waals surface area contributed by atoms with Gasteiger partial charge in [0, 0.05) is 35.3 Å².